The van der Waals surface area contributed by atoms with Crippen LogP contribution in [0.25, 0.3) is 0 Å². The summed E-state index contributed by atoms with van der Waals surface area (Å²) in [6.07, 6.45) is 0.840. The summed E-state index contributed by atoms with van der Waals surface area (Å²) in [5.74, 6) is 0.182. The number of rotatable bonds is 5. The first-order valence-corrected chi connectivity index (χ1v) is 6.76. The molecule has 0 aliphatic rings. The van der Waals surface area contributed by atoms with Crippen molar-refractivity contribution in [2.75, 3.05) is 0 Å². The molecule has 94 valence electrons. The van der Waals surface area contributed by atoms with Crippen molar-refractivity contribution < 1.29 is 4.79 Å². The Morgan fingerprint density at radius 1 is 1.28 bits per heavy atom. The molecule has 18 heavy (non-hydrogen) atoms. The Balaban J connectivity index is 2.03. The predicted octanol–water partition coefficient (Wildman–Crippen LogP) is 2.26. The number of hydrogen-bond acceptors (Lipinski definition) is 4. The lowest BCUT2D eigenvalue weighted by Gasteiger charge is -2.06. The van der Waals surface area contributed by atoms with Gasteiger partial charge in [-0.1, -0.05) is 24.3 Å². The number of thiazole rings is 1. The van der Waals surface area contributed by atoms with Gasteiger partial charge < -0.3 is 5.73 Å². The maximum Gasteiger partial charge on any atom is 0.143 e. The third kappa shape index (κ3) is 3.24. The predicted molar refractivity (Wildman–Crippen MR) is 73.6 cm³/mol. The summed E-state index contributed by atoms with van der Waals surface area (Å²) in [6, 6.07) is 7.82. The van der Waals surface area contributed by atoms with Crippen LogP contribution in [-0.4, -0.2) is 10.8 Å². The Hall–Kier alpha value is -1.52. The van der Waals surface area contributed by atoms with E-state index in [9.17, 15) is 4.79 Å². The number of nitrogens with two attached hydrogens (primary N) is 1. The molecule has 0 bridgehead atoms. The van der Waals surface area contributed by atoms with Crippen LogP contribution in [0.1, 0.15) is 21.8 Å². The van der Waals surface area contributed by atoms with Gasteiger partial charge in [-0.05, 0) is 18.1 Å². The van der Waals surface area contributed by atoms with E-state index in [0.717, 1.165) is 21.8 Å². The van der Waals surface area contributed by atoms with Crippen LogP contribution in [0, 0.1) is 6.92 Å². The van der Waals surface area contributed by atoms with Crippen LogP contribution in [0.15, 0.2) is 29.6 Å². The minimum Gasteiger partial charge on any atom is -0.326 e. The van der Waals surface area contributed by atoms with Crippen molar-refractivity contribution in [1.82, 2.24) is 4.98 Å². The van der Waals surface area contributed by atoms with E-state index in [1.807, 2.05) is 36.6 Å². The van der Waals surface area contributed by atoms with Crippen molar-refractivity contribution >= 4 is 17.1 Å². The van der Waals surface area contributed by atoms with E-state index in [0.29, 0.717) is 19.4 Å². The van der Waals surface area contributed by atoms with Crippen molar-refractivity contribution in [3.05, 3.63) is 51.5 Å². The van der Waals surface area contributed by atoms with E-state index in [-0.39, 0.29) is 5.78 Å². The van der Waals surface area contributed by atoms with Gasteiger partial charge in [0.05, 0.1) is 10.7 Å². The first-order chi connectivity index (χ1) is 8.69. The van der Waals surface area contributed by atoms with Gasteiger partial charge >= 0.3 is 0 Å². The Bertz CT molecular complexity index is 548. The van der Waals surface area contributed by atoms with Crippen LogP contribution < -0.4 is 5.73 Å². The summed E-state index contributed by atoms with van der Waals surface area (Å²) >= 11 is 1.58. The summed E-state index contributed by atoms with van der Waals surface area (Å²) in [5.41, 5.74) is 8.60. The molecule has 0 amide bonds. The van der Waals surface area contributed by atoms with Gasteiger partial charge in [-0.2, -0.15) is 0 Å². The van der Waals surface area contributed by atoms with E-state index in [2.05, 4.69) is 4.98 Å². The van der Waals surface area contributed by atoms with Gasteiger partial charge in [0.1, 0.15) is 5.78 Å². The molecule has 0 radical (unpaired) electrons. The number of carbonyl (C=O) groups is 1. The summed E-state index contributed by atoms with van der Waals surface area (Å²) in [7, 11) is 0. The molecule has 1 aromatic carbocycles. The van der Waals surface area contributed by atoms with Gasteiger partial charge in [-0.3, -0.25) is 4.79 Å². The average molecular weight is 260 g/mol. The smallest absolute Gasteiger partial charge is 0.143 e. The fraction of sp³-hybridized carbons (Fsp3) is 0.286. The maximum absolute atomic E-state index is 12.0. The third-order valence-electron chi connectivity index (χ3n) is 2.77. The van der Waals surface area contributed by atoms with Gasteiger partial charge in [-0.25, -0.2) is 4.98 Å². The molecule has 0 atom stereocenters. The van der Waals surface area contributed by atoms with Gasteiger partial charge in [0.15, 0.2) is 0 Å². The fourth-order valence-corrected chi connectivity index (χ4v) is 2.51. The lowest BCUT2D eigenvalue weighted by molar-refractivity contribution is -0.117. The van der Waals surface area contributed by atoms with E-state index in [4.69, 9.17) is 5.73 Å². The molecule has 0 aliphatic heterocycles. The molecule has 0 aliphatic carbocycles. The molecule has 1 heterocycles. The number of ketones is 1. The number of aromatic nitrogens is 1. The number of aryl methyl sites for hydroxylation is 1. The quantitative estimate of drug-likeness (QED) is 0.897. The Labute approximate surface area is 111 Å². The summed E-state index contributed by atoms with van der Waals surface area (Å²) in [6.45, 7) is 2.42. The zero-order valence-electron chi connectivity index (χ0n) is 10.3. The second kappa shape index (κ2) is 5.89. The maximum atomic E-state index is 12.0. The second-order valence-electron chi connectivity index (χ2n) is 4.22. The Morgan fingerprint density at radius 3 is 2.61 bits per heavy atom. The number of carbonyl (C=O) groups excluding carboxylic acids is 1. The van der Waals surface area contributed by atoms with Gasteiger partial charge in [0.25, 0.3) is 0 Å². The van der Waals surface area contributed by atoms with Crippen molar-refractivity contribution in [3.63, 3.8) is 0 Å². The van der Waals surface area contributed by atoms with Crippen molar-refractivity contribution in [2.24, 2.45) is 5.73 Å². The highest BCUT2D eigenvalue weighted by atomic mass is 32.1. The van der Waals surface area contributed by atoms with E-state index in [1.165, 1.54) is 0 Å². The molecule has 0 saturated heterocycles. The third-order valence-corrected chi connectivity index (χ3v) is 3.59. The molecule has 2 N–H and O–H groups in total. The minimum atomic E-state index is 0.182. The topological polar surface area (TPSA) is 56.0 Å². The molecule has 4 heteroatoms. The van der Waals surface area contributed by atoms with Crippen molar-refractivity contribution in [3.8, 4) is 0 Å². The number of benzene rings is 1. The SMILES string of the molecule is Cc1nc(CC(=O)Cc2ccccc2CN)cs1. The van der Waals surface area contributed by atoms with Crippen LogP contribution in [0.4, 0.5) is 0 Å². The van der Waals surface area contributed by atoms with Gasteiger partial charge in [-0.15, -0.1) is 11.3 Å². The Kier molecular flexibility index (Phi) is 4.23. The molecule has 2 aromatic rings. The van der Waals surface area contributed by atoms with Gasteiger partial charge in [0.2, 0.25) is 0 Å². The van der Waals surface area contributed by atoms with E-state index >= 15 is 0 Å². The summed E-state index contributed by atoms with van der Waals surface area (Å²) in [5, 5.41) is 2.95. The molecular formula is C14H16N2OS. The Morgan fingerprint density at radius 2 is 2.00 bits per heavy atom. The van der Waals surface area contributed by atoms with E-state index in [1.54, 1.807) is 11.3 Å². The standard InChI is InChI=1S/C14H16N2OS/c1-10-16-13(9-18-10)7-14(17)6-11-4-2-3-5-12(11)8-15/h2-5,9H,6-8,15H2,1H3. The first-order valence-electron chi connectivity index (χ1n) is 5.88. The molecule has 0 spiro atoms. The van der Waals surface area contributed by atoms with Crippen LogP contribution in [0.2, 0.25) is 0 Å². The summed E-state index contributed by atoms with van der Waals surface area (Å²) in [4.78, 5) is 16.3. The molecule has 0 saturated carbocycles. The average Bonchev–Trinajstić information content (AvgIpc) is 2.75. The lowest BCUT2D eigenvalue weighted by atomic mass is 10.0. The molecule has 3 nitrogen and oxygen atoms in total. The van der Waals surface area contributed by atoms with E-state index < -0.39 is 0 Å². The zero-order valence-corrected chi connectivity index (χ0v) is 11.2. The zero-order chi connectivity index (χ0) is 13.0. The summed E-state index contributed by atoms with van der Waals surface area (Å²) < 4.78 is 0. The second-order valence-corrected chi connectivity index (χ2v) is 5.29. The first kappa shape index (κ1) is 12.9. The number of hydrogen-bond donors (Lipinski definition) is 1. The number of nitrogens with zero attached hydrogens (tertiary/aromatic N) is 1. The van der Waals surface area contributed by atoms with Gasteiger partial charge in [0, 0.05) is 24.8 Å². The molecular weight excluding hydrogens is 244 g/mol. The van der Waals surface area contributed by atoms with Crippen molar-refractivity contribution in [1.29, 1.82) is 0 Å². The highest BCUT2D eigenvalue weighted by molar-refractivity contribution is 7.09. The monoisotopic (exact) mass is 260 g/mol. The van der Waals surface area contributed by atoms with Crippen LogP contribution >= 0.6 is 11.3 Å². The molecule has 1 aromatic heterocycles. The normalized spacial score (nSPS) is 10.6. The highest BCUT2D eigenvalue weighted by Crippen LogP contribution is 2.12. The minimum absolute atomic E-state index is 0.182. The largest absolute Gasteiger partial charge is 0.326 e. The fourth-order valence-electron chi connectivity index (χ4n) is 1.90. The number of Topliss-reactive ketones (excluding diaryl/α,β-unsaturated/α-hetero) is 1. The molecule has 2 rings (SSSR count). The molecule has 0 unspecified atom stereocenters. The van der Waals surface area contributed by atoms with Crippen molar-refractivity contribution in [2.45, 2.75) is 26.3 Å². The van der Waals surface area contributed by atoms with Crippen LogP contribution in [0.3, 0.4) is 0 Å². The van der Waals surface area contributed by atoms with Crippen LogP contribution in [-0.2, 0) is 24.2 Å². The lowest BCUT2D eigenvalue weighted by Crippen LogP contribution is -2.10. The highest BCUT2D eigenvalue weighted by Gasteiger charge is 2.09. The van der Waals surface area contributed by atoms with Crippen LogP contribution in [0.5, 0.6) is 0 Å². The molecule has 0 fully saturated rings.